The average molecular weight is 367 g/mol. The molecule has 0 aromatic carbocycles. The van der Waals surface area contributed by atoms with Crippen LogP contribution in [0.3, 0.4) is 0 Å². The maximum Gasteiger partial charge on any atom is 0.249 e. The smallest absolute Gasteiger partial charge is 0.249 e. The Morgan fingerprint density at radius 1 is 1.20 bits per heavy atom. The van der Waals surface area contributed by atoms with Gasteiger partial charge in [0, 0.05) is 12.0 Å². The van der Waals surface area contributed by atoms with E-state index in [-0.39, 0.29) is 19.8 Å². The summed E-state index contributed by atoms with van der Waals surface area (Å²) < 4.78 is 10.4. The molecular weight excluding hydrogens is 338 g/mol. The highest BCUT2D eigenvalue weighted by Gasteiger charge is 2.43. The first kappa shape index (κ1) is 22.2. The Labute approximate surface area is 146 Å². The molecule has 1 amide bonds. The molecule has 1 heterocycles. The topological polar surface area (TPSA) is 169 Å². The van der Waals surface area contributed by atoms with Gasteiger partial charge in [0.25, 0.3) is 0 Å². The summed E-state index contributed by atoms with van der Waals surface area (Å²) in [6, 6.07) is 0. The van der Waals surface area contributed by atoms with Crippen LogP contribution in [0.2, 0.25) is 0 Å². The summed E-state index contributed by atoms with van der Waals surface area (Å²) in [6.45, 7) is 2.46. The number of aliphatic hydroxyl groups excluding tert-OH is 6. The molecule has 0 aliphatic carbocycles. The van der Waals surface area contributed by atoms with Crippen LogP contribution in [-0.4, -0.2) is 99.7 Å². The second-order valence-corrected chi connectivity index (χ2v) is 6.76. The standard InChI is InChI=1S/C15H29NO9/c1-15(2,7-18)12(22)13(23)16-4-3-5-24-14-11(21)10(20)9(19)8(6-17)25-14/h8-12,14,17-22H,3-7H2,1-2H3,(H,16,23)/t8?,9-,10-,11?,12-,14+/m0/s1. The number of amides is 1. The van der Waals surface area contributed by atoms with Crippen molar-refractivity contribution in [2.45, 2.75) is 57.1 Å². The monoisotopic (exact) mass is 367 g/mol. The molecule has 1 rings (SSSR count). The second-order valence-electron chi connectivity index (χ2n) is 6.76. The molecule has 0 bridgehead atoms. The van der Waals surface area contributed by atoms with E-state index in [2.05, 4.69) is 5.32 Å². The lowest BCUT2D eigenvalue weighted by Gasteiger charge is -2.39. The molecule has 10 heteroatoms. The number of rotatable bonds is 9. The first-order valence-electron chi connectivity index (χ1n) is 8.14. The van der Waals surface area contributed by atoms with Gasteiger partial charge in [0.15, 0.2) is 6.29 Å². The van der Waals surface area contributed by atoms with Crippen molar-refractivity contribution in [1.29, 1.82) is 0 Å². The third-order valence-electron chi connectivity index (χ3n) is 4.15. The summed E-state index contributed by atoms with van der Waals surface area (Å²) in [7, 11) is 0. The number of carbonyl (C=O) groups excluding carboxylic acids is 1. The Balaban J connectivity index is 2.32. The number of carbonyl (C=O) groups is 1. The molecule has 7 N–H and O–H groups in total. The zero-order chi connectivity index (χ0) is 19.2. The fraction of sp³-hybridized carbons (Fsp3) is 0.933. The molecule has 1 aliphatic heterocycles. The maximum atomic E-state index is 11.8. The van der Waals surface area contributed by atoms with Gasteiger partial charge in [-0.05, 0) is 6.42 Å². The fourth-order valence-electron chi connectivity index (χ4n) is 2.23. The Bertz CT molecular complexity index is 418. The van der Waals surface area contributed by atoms with Crippen molar-refractivity contribution in [3.8, 4) is 0 Å². The first-order valence-corrected chi connectivity index (χ1v) is 8.14. The highest BCUT2D eigenvalue weighted by Crippen LogP contribution is 2.22. The predicted molar refractivity (Wildman–Crippen MR) is 84.2 cm³/mol. The summed E-state index contributed by atoms with van der Waals surface area (Å²) in [5.41, 5.74) is -0.961. The van der Waals surface area contributed by atoms with Crippen LogP contribution in [0.15, 0.2) is 0 Å². The van der Waals surface area contributed by atoms with Gasteiger partial charge in [-0.2, -0.15) is 0 Å². The van der Waals surface area contributed by atoms with E-state index >= 15 is 0 Å². The van der Waals surface area contributed by atoms with Gasteiger partial charge in [0.1, 0.15) is 30.5 Å². The molecule has 0 aromatic rings. The Morgan fingerprint density at radius 2 is 1.84 bits per heavy atom. The Kier molecular flexibility index (Phi) is 8.64. The third kappa shape index (κ3) is 5.83. The molecule has 0 aromatic heterocycles. The van der Waals surface area contributed by atoms with Crippen LogP contribution >= 0.6 is 0 Å². The molecular formula is C15H29NO9. The number of nitrogens with one attached hydrogen (secondary N) is 1. The van der Waals surface area contributed by atoms with Gasteiger partial charge in [-0.25, -0.2) is 0 Å². The first-order chi connectivity index (χ1) is 11.7. The molecule has 0 saturated carbocycles. The minimum absolute atomic E-state index is 0.0580. The van der Waals surface area contributed by atoms with Crippen molar-refractivity contribution in [3.05, 3.63) is 0 Å². The van der Waals surface area contributed by atoms with Crippen molar-refractivity contribution >= 4 is 5.91 Å². The Morgan fingerprint density at radius 3 is 2.40 bits per heavy atom. The molecule has 25 heavy (non-hydrogen) atoms. The lowest BCUT2D eigenvalue weighted by molar-refractivity contribution is -0.301. The Hall–Kier alpha value is -0.850. The van der Waals surface area contributed by atoms with E-state index in [0.29, 0.717) is 6.42 Å². The van der Waals surface area contributed by atoms with E-state index in [1.165, 1.54) is 0 Å². The van der Waals surface area contributed by atoms with Crippen LogP contribution < -0.4 is 5.32 Å². The molecule has 148 valence electrons. The summed E-state index contributed by atoms with van der Waals surface area (Å²) in [6.07, 6.45) is -7.72. The van der Waals surface area contributed by atoms with Crippen molar-refractivity contribution in [2.24, 2.45) is 5.41 Å². The summed E-state index contributed by atoms with van der Waals surface area (Å²) in [4.78, 5) is 11.8. The SMILES string of the molecule is CC(C)(CO)[C@@H](O)C(=O)NCCCO[C@@H]1OC(CO)[C@H](O)[C@H](O)C1O. The highest BCUT2D eigenvalue weighted by molar-refractivity contribution is 5.81. The molecule has 2 unspecified atom stereocenters. The second kappa shape index (κ2) is 9.74. The summed E-state index contributed by atoms with van der Waals surface area (Å²) >= 11 is 0. The van der Waals surface area contributed by atoms with Gasteiger partial charge in [0.2, 0.25) is 5.91 Å². The third-order valence-corrected chi connectivity index (χ3v) is 4.15. The molecule has 0 radical (unpaired) electrons. The van der Waals surface area contributed by atoms with Gasteiger partial charge in [0.05, 0.1) is 19.8 Å². The normalized spacial score (nSPS) is 31.6. The lowest BCUT2D eigenvalue weighted by atomic mass is 9.87. The molecule has 10 nitrogen and oxygen atoms in total. The van der Waals surface area contributed by atoms with Crippen molar-refractivity contribution in [2.75, 3.05) is 26.4 Å². The van der Waals surface area contributed by atoms with Crippen LogP contribution in [0.5, 0.6) is 0 Å². The van der Waals surface area contributed by atoms with Crippen molar-refractivity contribution < 1.29 is 44.9 Å². The predicted octanol–water partition coefficient (Wildman–Crippen LogP) is -3.31. The molecule has 0 spiro atoms. The quantitative estimate of drug-likeness (QED) is 0.206. The van der Waals surface area contributed by atoms with E-state index in [9.17, 15) is 25.2 Å². The van der Waals surface area contributed by atoms with Crippen LogP contribution in [0.1, 0.15) is 20.3 Å². The molecule has 6 atom stereocenters. The molecule has 1 aliphatic rings. The number of hydrogen-bond acceptors (Lipinski definition) is 9. The van der Waals surface area contributed by atoms with Crippen LogP contribution in [0.25, 0.3) is 0 Å². The van der Waals surface area contributed by atoms with Crippen molar-refractivity contribution in [3.63, 3.8) is 0 Å². The van der Waals surface area contributed by atoms with Gasteiger partial charge >= 0.3 is 0 Å². The van der Waals surface area contributed by atoms with Gasteiger partial charge in [-0.3, -0.25) is 4.79 Å². The van der Waals surface area contributed by atoms with E-state index in [1.807, 2.05) is 0 Å². The average Bonchev–Trinajstić information content (AvgIpc) is 2.60. The maximum absolute atomic E-state index is 11.8. The van der Waals surface area contributed by atoms with Crippen LogP contribution in [0, 0.1) is 5.41 Å². The zero-order valence-electron chi connectivity index (χ0n) is 14.4. The number of hydrogen-bond donors (Lipinski definition) is 7. The summed E-state index contributed by atoms with van der Waals surface area (Å²) in [5.74, 6) is -0.619. The number of aliphatic hydroxyl groups is 6. The lowest BCUT2D eigenvalue weighted by Crippen LogP contribution is -2.59. The van der Waals surface area contributed by atoms with Crippen LogP contribution in [-0.2, 0) is 14.3 Å². The van der Waals surface area contributed by atoms with E-state index in [1.54, 1.807) is 13.8 Å². The minimum Gasteiger partial charge on any atom is -0.396 e. The van der Waals surface area contributed by atoms with Gasteiger partial charge < -0.3 is 45.4 Å². The molecule has 1 saturated heterocycles. The van der Waals surface area contributed by atoms with Gasteiger partial charge in [-0.15, -0.1) is 0 Å². The minimum atomic E-state index is -1.51. The largest absolute Gasteiger partial charge is 0.396 e. The van der Waals surface area contributed by atoms with Gasteiger partial charge in [-0.1, -0.05) is 13.8 Å². The summed E-state index contributed by atoms with van der Waals surface area (Å²) in [5, 5.41) is 59.6. The van der Waals surface area contributed by atoms with Crippen LogP contribution in [0.4, 0.5) is 0 Å². The number of ether oxygens (including phenoxy) is 2. The zero-order valence-corrected chi connectivity index (χ0v) is 14.4. The van der Waals surface area contributed by atoms with E-state index in [4.69, 9.17) is 19.7 Å². The van der Waals surface area contributed by atoms with E-state index < -0.39 is 54.7 Å². The molecule has 1 fully saturated rings. The fourth-order valence-corrected chi connectivity index (χ4v) is 2.23. The van der Waals surface area contributed by atoms with E-state index in [0.717, 1.165) is 0 Å². The highest BCUT2D eigenvalue weighted by atomic mass is 16.7. The van der Waals surface area contributed by atoms with Crippen molar-refractivity contribution in [1.82, 2.24) is 5.32 Å².